The van der Waals surface area contributed by atoms with Crippen LogP contribution in [0.25, 0.3) is 99.1 Å². The van der Waals surface area contributed by atoms with Gasteiger partial charge < -0.3 is 4.90 Å². The Bertz CT molecular complexity index is 3710. The van der Waals surface area contributed by atoms with E-state index >= 15 is 0 Å². The fourth-order valence-corrected chi connectivity index (χ4v) is 10.0. The Labute approximate surface area is 392 Å². The lowest BCUT2D eigenvalue weighted by Gasteiger charge is -2.26. The van der Waals surface area contributed by atoms with Crippen molar-refractivity contribution in [1.82, 2.24) is 0 Å². The van der Waals surface area contributed by atoms with Crippen molar-refractivity contribution in [1.29, 1.82) is 0 Å². The first-order valence-electron chi connectivity index (χ1n) is 23.1. The van der Waals surface area contributed by atoms with Gasteiger partial charge >= 0.3 is 0 Å². The van der Waals surface area contributed by atoms with E-state index in [0.29, 0.717) is 0 Å². The molecule has 0 saturated carbocycles. The molecule has 0 atom stereocenters. The summed E-state index contributed by atoms with van der Waals surface area (Å²) in [5.41, 5.74) is 17.8. The predicted molar refractivity (Wildman–Crippen MR) is 286 cm³/mol. The minimum atomic E-state index is 1.09. The summed E-state index contributed by atoms with van der Waals surface area (Å²) in [6.45, 7) is 0. The summed E-state index contributed by atoms with van der Waals surface area (Å²) in [4.78, 5) is 2.38. The van der Waals surface area contributed by atoms with Crippen LogP contribution in [-0.2, 0) is 0 Å². The molecule has 1 nitrogen and oxygen atoms in total. The normalized spacial score (nSPS) is 11.3. The Hall–Kier alpha value is -8.78. The van der Waals surface area contributed by atoms with E-state index in [1.807, 2.05) is 0 Å². The fraction of sp³-hybridized carbons (Fsp3) is 0. The molecule has 0 aliphatic carbocycles. The van der Waals surface area contributed by atoms with Gasteiger partial charge in [0.2, 0.25) is 0 Å². The highest BCUT2D eigenvalue weighted by Gasteiger charge is 2.18. The van der Waals surface area contributed by atoms with Crippen molar-refractivity contribution in [2.75, 3.05) is 4.90 Å². The van der Waals surface area contributed by atoms with Crippen molar-refractivity contribution in [3.8, 4) is 66.8 Å². The number of anilines is 3. The molecular weight excluding hydrogens is 807 g/mol. The summed E-state index contributed by atoms with van der Waals surface area (Å²) in [7, 11) is 0. The van der Waals surface area contributed by atoms with E-state index < -0.39 is 0 Å². The molecule has 0 spiro atoms. The average Bonchev–Trinajstić information content (AvgIpc) is 3.41. The third-order valence-corrected chi connectivity index (χ3v) is 13.3. The van der Waals surface area contributed by atoms with Gasteiger partial charge in [-0.05, 0) is 135 Å². The SMILES string of the molecule is c1ccc(-c2ccccc2-c2ccccc2-c2ccccc2-c2ccc(N(c3ccc(-c4ccc(-c5cccc6ccccc56)cc4)cc3)c3ccc4c(ccc5ccccc54)c3)cc2)cc1. The molecule has 67 heavy (non-hydrogen) atoms. The van der Waals surface area contributed by atoms with Crippen LogP contribution in [0.1, 0.15) is 0 Å². The molecule has 0 heterocycles. The van der Waals surface area contributed by atoms with Gasteiger partial charge in [-0.15, -0.1) is 0 Å². The zero-order valence-electron chi connectivity index (χ0n) is 36.9. The Morgan fingerprint density at radius 2 is 0.537 bits per heavy atom. The maximum Gasteiger partial charge on any atom is 0.0468 e. The third kappa shape index (κ3) is 7.53. The minimum absolute atomic E-state index is 1.09. The van der Waals surface area contributed by atoms with Crippen LogP contribution in [0, 0.1) is 0 Å². The number of hydrogen-bond acceptors (Lipinski definition) is 1. The number of benzene rings is 12. The molecule has 0 aliphatic rings. The van der Waals surface area contributed by atoms with Crippen molar-refractivity contribution < 1.29 is 0 Å². The second-order valence-electron chi connectivity index (χ2n) is 17.2. The van der Waals surface area contributed by atoms with Gasteiger partial charge in [-0.2, -0.15) is 0 Å². The molecule has 0 bridgehead atoms. The van der Waals surface area contributed by atoms with Crippen LogP contribution in [0.4, 0.5) is 17.1 Å². The molecule has 0 radical (unpaired) electrons. The summed E-state index contributed by atoms with van der Waals surface area (Å²) < 4.78 is 0. The van der Waals surface area contributed by atoms with E-state index in [1.54, 1.807) is 0 Å². The fourth-order valence-electron chi connectivity index (χ4n) is 10.0. The van der Waals surface area contributed by atoms with Crippen LogP contribution in [0.2, 0.25) is 0 Å². The lowest BCUT2D eigenvalue weighted by atomic mass is 9.87. The third-order valence-electron chi connectivity index (χ3n) is 13.3. The first kappa shape index (κ1) is 39.8. The number of nitrogens with zero attached hydrogens (tertiary/aromatic N) is 1. The highest BCUT2D eigenvalue weighted by Crippen LogP contribution is 2.43. The van der Waals surface area contributed by atoms with Gasteiger partial charge in [0.05, 0.1) is 0 Å². The number of hydrogen-bond donors (Lipinski definition) is 0. The van der Waals surface area contributed by atoms with E-state index in [0.717, 1.165) is 22.6 Å². The molecule has 1 heteroatoms. The van der Waals surface area contributed by atoms with E-state index in [9.17, 15) is 0 Å². The predicted octanol–water partition coefficient (Wildman–Crippen LogP) is 18.6. The van der Waals surface area contributed by atoms with Gasteiger partial charge in [0.1, 0.15) is 0 Å². The Kier molecular flexibility index (Phi) is 10.3. The summed E-state index contributed by atoms with van der Waals surface area (Å²) in [5.74, 6) is 0. The minimum Gasteiger partial charge on any atom is -0.310 e. The largest absolute Gasteiger partial charge is 0.310 e. The van der Waals surface area contributed by atoms with Crippen molar-refractivity contribution >= 4 is 49.4 Å². The molecule has 12 aromatic carbocycles. The second-order valence-corrected chi connectivity index (χ2v) is 17.2. The second kappa shape index (κ2) is 17.3. The topological polar surface area (TPSA) is 3.24 Å². The van der Waals surface area contributed by atoms with Crippen LogP contribution < -0.4 is 4.90 Å². The van der Waals surface area contributed by atoms with Crippen LogP contribution in [0.3, 0.4) is 0 Å². The molecule has 0 unspecified atom stereocenters. The summed E-state index contributed by atoms with van der Waals surface area (Å²) in [6.07, 6.45) is 0. The molecule has 0 fully saturated rings. The van der Waals surface area contributed by atoms with E-state index in [2.05, 4.69) is 278 Å². The number of fused-ring (bicyclic) bond motifs is 4. The van der Waals surface area contributed by atoms with Crippen molar-refractivity contribution in [2.24, 2.45) is 0 Å². The van der Waals surface area contributed by atoms with Gasteiger partial charge in [0.25, 0.3) is 0 Å². The lowest BCUT2D eigenvalue weighted by Crippen LogP contribution is -2.09. The number of rotatable bonds is 9. The standard InChI is InChI=1S/C66H45N/c1-2-15-48(16-3-1)60-22-8-10-24-63(60)65-26-12-13-27-66(65)64-25-11-9-23-61(64)52-37-41-55(42-38-52)67(56-43-44-62-53(45-56)34-33-50-18-5-7-21-58(50)62)54-39-35-47(36-40-54)46-29-31-51(32-30-46)59-28-14-19-49-17-4-6-20-57(49)59/h1-45H. The van der Waals surface area contributed by atoms with Gasteiger partial charge in [0, 0.05) is 17.1 Å². The van der Waals surface area contributed by atoms with Crippen LogP contribution >= 0.6 is 0 Å². The molecular formula is C66H45N. The summed E-state index contributed by atoms with van der Waals surface area (Å²) in [6, 6.07) is 99.4. The first-order chi connectivity index (χ1) is 33.2. The van der Waals surface area contributed by atoms with Gasteiger partial charge in [0.15, 0.2) is 0 Å². The molecule has 314 valence electrons. The highest BCUT2D eigenvalue weighted by atomic mass is 15.1. The zero-order valence-corrected chi connectivity index (χ0v) is 36.9. The molecule has 0 saturated heterocycles. The Morgan fingerprint density at radius 3 is 1.15 bits per heavy atom. The van der Waals surface area contributed by atoms with Crippen LogP contribution in [0.15, 0.2) is 273 Å². The van der Waals surface area contributed by atoms with E-state index in [-0.39, 0.29) is 0 Å². The van der Waals surface area contributed by atoms with Crippen LogP contribution in [0.5, 0.6) is 0 Å². The molecule has 12 rings (SSSR count). The Morgan fingerprint density at radius 1 is 0.179 bits per heavy atom. The molecule has 0 aliphatic heterocycles. The molecule has 0 N–H and O–H groups in total. The first-order valence-corrected chi connectivity index (χ1v) is 23.1. The van der Waals surface area contributed by atoms with Gasteiger partial charge in [-0.1, -0.05) is 237 Å². The molecule has 0 amide bonds. The quantitative estimate of drug-likeness (QED) is 0.131. The van der Waals surface area contributed by atoms with Crippen molar-refractivity contribution in [3.63, 3.8) is 0 Å². The van der Waals surface area contributed by atoms with Gasteiger partial charge in [-0.25, -0.2) is 0 Å². The van der Waals surface area contributed by atoms with Crippen molar-refractivity contribution in [3.05, 3.63) is 273 Å². The summed E-state index contributed by atoms with van der Waals surface area (Å²) >= 11 is 0. The highest BCUT2D eigenvalue weighted by molar-refractivity contribution is 6.08. The van der Waals surface area contributed by atoms with Crippen molar-refractivity contribution in [2.45, 2.75) is 0 Å². The van der Waals surface area contributed by atoms with E-state index in [4.69, 9.17) is 0 Å². The maximum absolute atomic E-state index is 2.38. The average molecular weight is 852 g/mol. The van der Waals surface area contributed by atoms with Gasteiger partial charge in [-0.3, -0.25) is 0 Å². The monoisotopic (exact) mass is 851 g/mol. The summed E-state index contributed by atoms with van der Waals surface area (Å²) in [5, 5.41) is 7.50. The lowest BCUT2D eigenvalue weighted by molar-refractivity contribution is 1.29. The van der Waals surface area contributed by atoms with Crippen LogP contribution in [-0.4, -0.2) is 0 Å². The molecule has 0 aromatic heterocycles. The molecule has 12 aromatic rings. The zero-order chi connectivity index (χ0) is 44.5. The smallest absolute Gasteiger partial charge is 0.0468 e. The Balaban J connectivity index is 0.917. The maximum atomic E-state index is 2.38. The van der Waals surface area contributed by atoms with E-state index in [1.165, 1.54) is 93.5 Å².